The van der Waals surface area contributed by atoms with Crippen LogP contribution in [0.15, 0.2) is 5.18 Å². The van der Waals surface area contributed by atoms with E-state index in [1.807, 2.05) is 0 Å². The molecule has 0 aliphatic carbocycles. The summed E-state index contributed by atoms with van der Waals surface area (Å²) in [5, 5.41) is 11.4. The lowest BCUT2D eigenvalue weighted by Crippen LogP contribution is -2.20. The van der Waals surface area contributed by atoms with Crippen LogP contribution in [0.25, 0.3) is 0 Å². The molecule has 1 unspecified atom stereocenters. The molecule has 0 spiro atoms. The minimum absolute atomic E-state index is 0.114. The van der Waals surface area contributed by atoms with Gasteiger partial charge in [0.1, 0.15) is 12.6 Å². The summed E-state index contributed by atoms with van der Waals surface area (Å²) in [7, 11) is 0. The van der Waals surface area contributed by atoms with Crippen molar-refractivity contribution in [1.82, 2.24) is 0 Å². The van der Waals surface area contributed by atoms with Crippen molar-refractivity contribution in [1.29, 1.82) is 0 Å². The number of nitroso groups, excluding NO2 is 1. The number of hydrogen-bond donors (Lipinski definition) is 1. The zero-order valence-corrected chi connectivity index (χ0v) is 14.1. The van der Waals surface area contributed by atoms with Gasteiger partial charge in [-0.1, -0.05) is 76.3 Å². The summed E-state index contributed by atoms with van der Waals surface area (Å²) >= 11 is 0. The molecule has 0 heterocycles. The topological polar surface area (TPSA) is 76.0 Å². The molecule has 130 valence electrons. The zero-order chi connectivity index (χ0) is 16.5. The smallest absolute Gasteiger partial charge is 0.305 e. The molecule has 1 N–H and O–H groups in total. The number of unbranched alkanes of at least 4 members (excludes halogenated alkanes) is 10. The Morgan fingerprint density at radius 1 is 0.955 bits per heavy atom. The fourth-order valence-corrected chi connectivity index (χ4v) is 2.31. The van der Waals surface area contributed by atoms with Gasteiger partial charge in [-0.3, -0.25) is 4.79 Å². The number of nitrogens with zero attached hydrogens (tertiary/aromatic N) is 1. The van der Waals surface area contributed by atoms with Crippen LogP contribution in [0.2, 0.25) is 0 Å². The Morgan fingerprint density at radius 2 is 1.45 bits per heavy atom. The first-order chi connectivity index (χ1) is 10.7. The molecule has 0 aromatic carbocycles. The molecule has 0 amide bonds. The van der Waals surface area contributed by atoms with Crippen LogP contribution in [0.5, 0.6) is 0 Å². The molecule has 0 saturated heterocycles. The molecular formula is C17H33NO4. The van der Waals surface area contributed by atoms with Gasteiger partial charge in [0, 0.05) is 6.42 Å². The monoisotopic (exact) mass is 315 g/mol. The van der Waals surface area contributed by atoms with Crippen molar-refractivity contribution >= 4 is 5.97 Å². The van der Waals surface area contributed by atoms with Crippen molar-refractivity contribution in [2.45, 2.75) is 90.0 Å². The highest BCUT2D eigenvalue weighted by Crippen LogP contribution is 2.12. The van der Waals surface area contributed by atoms with Crippen LogP contribution >= 0.6 is 0 Å². The Morgan fingerprint density at radius 3 is 1.91 bits per heavy atom. The Labute approximate surface area is 134 Å². The summed E-state index contributed by atoms with van der Waals surface area (Å²) in [6.07, 6.45) is 14.0. The van der Waals surface area contributed by atoms with Gasteiger partial charge in [-0.15, -0.1) is 0 Å². The molecule has 0 aromatic heterocycles. The molecule has 0 aromatic rings. The highest BCUT2D eigenvalue weighted by atomic mass is 16.5. The van der Waals surface area contributed by atoms with E-state index in [0.717, 1.165) is 19.3 Å². The van der Waals surface area contributed by atoms with Crippen molar-refractivity contribution in [2.24, 2.45) is 5.18 Å². The summed E-state index contributed by atoms with van der Waals surface area (Å²) in [4.78, 5) is 21.6. The van der Waals surface area contributed by atoms with Crippen LogP contribution in [0.4, 0.5) is 0 Å². The molecule has 0 aliphatic rings. The average molecular weight is 315 g/mol. The molecule has 0 saturated carbocycles. The molecule has 5 heteroatoms. The number of carbonyl (C=O) groups excluding carboxylic acids is 1. The van der Waals surface area contributed by atoms with Crippen LogP contribution in [0, 0.1) is 4.91 Å². The zero-order valence-electron chi connectivity index (χ0n) is 14.1. The lowest BCUT2D eigenvalue weighted by molar-refractivity contribution is -0.144. The van der Waals surface area contributed by atoms with Crippen molar-refractivity contribution in [3.8, 4) is 0 Å². The number of aliphatic hydroxyl groups excluding tert-OH is 1. The number of ether oxygens (including phenoxy) is 1. The van der Waals surface area contributed by atoms with E-state index in [0.29, 0.717) is 6.42 Å². The molecule has 1 atom stereocenters. The average Bonchev–Trinajstić information content (AvgIpc) is 2.53. The van der Waals surface area contributed by atoms with Crippen molar-refractivity contribution in [3.05, 3.63) is 4.91 Å². The third-order valence-corrected chi connectivity index (χ3v) is 3.78. The van der Waals surface area contributed by atoms with Gasteiger partial charge >= 0.3 is 5.97 Å². The number of hydrogen-bond acceptors (Lipinski definition) is 5. The maximum Gasteiger partial charge on any atom is 0.305 e. The van der Waals surface area contributed by atoms with E-state index >= 15 is 0 Å². The lowest BCUT2D eigenvalue weighted by Gasteiger charge is -2.07. The van der Waals surface area contributed by atoms with Gasteiger partial charge in [0.15, 0.2) is 0 Å². The second-order valence-corrected chi connectivity index (χ2v) is 5.91. The Hall–Kier alpha value is -0.970. The van der Waals surface area contributed by atoms with Crippen LogP contribution in [-0.4, -0.2) is 30.3 Å². The van der Waals surface area contributed by atoms with Gasteiger partial charge in [0.05, 0.1) is 6.61 Å². The normalized spacial score (nSPS) is 12.1. The predicted octanol–water partition coefficient (Wildman–Crippen LogP) is 4.36. The summed E-state index contributed by atoms with van der Waals surface area (Å²) in [5.74, 6) is -0.307. The summed E-state index contributed by atoms with van der Waals surface area (Å²) in [5.41, 5.74) is 0. The maximum atomic E-state index is 11.4. The minimum Gasteiger partial charge on any atom is -0.463 e. The highest BCUT2D eigenvalue weighted by molar-refractivity contribution is 5.69. The van der Waals surface area contributed by atoms with E-state index in [9.17, 15) is 9.70 Å². The molecule has 0 radical (unpaired) electrons. The number of rotatable bonds is 16. The van der Waals surface area contributed by atoms with Gasteiger partial charge in [-0.25, -0.2) is 0 Å². The van der Waals surface area contributed by atoms with E-state index < -0.39 is 6.04 Å². The van der Waals surface area contributed by atoms with E-state index in [4.69, 9.17) is 9.84 Å². The summed E-state index contributed by atoms with van der Waals surface area (Å²) in [6.45, 7) is 1.74. The van der Waals surface area contributed by atoms with E-state index in [1.165, 1.54) is 51.4 Å². The standard InChI is InChI=1S/C17H33NO4/c1-2-3-4-5-6-7-8-9-10-11-12-13-17(20)22-15-16(14-19)18-21/h16,19H,2-15H2,1H3. The van der Waals surface area contributed by atoms with Crippen molar-refractivity contribution < 1.29 is 14.6 Å². The number of carbonyl (C=O) groups is 1. The Balaban J connectivity index is 3.25. The highest BCUT2D eigenvalue weighted by Gasteiger charge is 2.10. The quantitative estimate of drug-likeness (QED) is 0.261. The fourth-order valence-electron chi connectivity index (χ4n) is 2.31. The van der Waals surface area contributed by atoms with Crippen molar-refractivity contribution in [3.63, 3.8) is 0 Å². The maximum absolute atomic E-state index is 11.4. The van der Waals surface area contributed by atoms with Gasteiger partial charge in [-0.05, 0) is 6.42 Å². The molecule has 0 rings (SSSR count). The molecule has 0 fully saturated rings. The minimum atomic E-state index is -0.832. The second kappa shape index (κ2) is 16.4. The summed E-state index contributed by atoms with van der Waals surface area (Å²) in [6, 6.07) is -0.832. The van der Waals surface area contributed by atoms with E-state index in [-0.39, 0.29) is 19.2 Å². The molecule has 0 aliphatic heterocycles. The third kappa shape index (κ3) is 14.0. The summed E-state index contributed by atoms with van der Waals surface area (Å²) < 4.78 is 4.89. The number of aliphatic hydroxyl groups is 1. The molecule has 0 bridgehead atoms. The Bertz CT molecular complexity index is 271. The van der Waals surface area contributed by atoms with Gasteiger partial charge in [0.25, 0.3) is 0 Å². The largest absolute Gasteiger partial charge is 0.463 e. The van der Waals surface area contributed by atoms with Crippen molar-refractivity contribution in [2.75, 3.05) is 13.2 Å². The SMILES string of the molecule is CCCCCCCCCCCCCC(=O)OCC(CO)N=O. The first kappa shape index (κ1) is 21.0. The van der Waals surface area contributed by atoms with Gasteiger partial charge < -0.3 is 9.84 Å². The molecular weight excluding hydrogens is 282 g/mol. The molecule has 22 heavy (non-hydrogen) atoms. The second-order valence-electron chi connectivity index (χ2n) is 5.91. The van der Waals surface area contributed by atoms with Gasteiger partial charge in [0.2, 0.25) is 0 Å². The number of esters is 1. The van der Waals surface area contributed by atoms with Crippen LogP contribution in [0.1, 0.15) is 84.0 Å². The van der Waals surface area contributed by atoms with Crippen LogP contribution in [-0.2, 0) is 9.53 Å². The molecule has 5 nitrogen and oxygen atoms in total. The van der Waals surface area contributed by atoms with E-state index in [1.54, 1.807) is 0 Å². The van der Waals surface area contributed by atoms with Crippen LogP contribution < -0.4 is 0 Å². The first-order valence-electron chi connectivity index (χ1n) is 8.83. The van der Waals surface area contributed by atoms with E-state index in [2.05, 4.69) is 12.1 Å². The Kier molecular flexibility index (Phi) is 15.7. The first-order valence-corrected chi connectivity index (χ1v) is 8.83. The fraction of sp³-hybridized carbons (Fsp3) is 0.941. The lowest BCUT2D eigenvalue weighted by atomic mass is 10.1. The van der Waals surface area contributed by atoms with Crippen LogP contribution in [0.3, 0.4) is 0 Å². The third-order valence-electron chi connectivity index (χ3n) is 3.78. The predicted molar refractivity (Wildman–Crippen MR) is 88.7 cm³/mol. The van der Waals surface area contributed by atoms with Gasteiger partial charge in [-0.2, -0.15) is 4.91 Å².